The number of hydrogen-bond donors (Lipinski definition) is 0. The van der Waals surface area contributed by atoms with E-state index < -0.39 is 10.9 Å². The van der Waals surface area contributed by atoms with Crippen LogP contribution in [0.2, 0.25) is 0 Å². The van der Waals surface area contributed by atoms with Gasteiger partial charge in [-0.25, -0.2) is 9.78 Å². The lowest BCUT2D eigenvalue weighted by atomic mass is 10.2. The highest BCUT2D eigenvalue weighted by Crippen LogP contribution is 2.14. The molecule has 0 atom stereocenters. The Hall–Kier alpha value is -3.22. The average Bonchev–Trinajstić information content (AvgIpc) is 2.96. The van der Waals surface area contributed by atoms with Gasteiger partial charge in [0.1, 0.15) is 12.3 Å². The third-order valence-corrected chi connectivity index (χ3v) is 3.34. The van der Waals surface area contributed by atoms with E-state index in [1.54, 1.807) is 22.7 Å². The normalized spacial score (nSPS) is 10.7. The number of aromatic nitrogens is 2. The quantitative estimate of drug-likeness (QED) is 0.420. The van der Waals surface area contributed by atoms with Crippen LogP contribution < -0.4 is 0 Å². The van der Waals surface area contributed by atoms with Crippen molar-refractivity contribution in [1.82, 2.24) is 9.38 Å². The van der Waals surface area contributed by atoms with Crippen LogP contribution >= 0.6 is 0 Å². The first kappa shape index (κ1) is 14.7. The third kappa shape index (κ3) is 3.18. The zero-order valence-electron chi connectivity index (χ0n) is 12.3. The summed E-state index contributed by atoms with van der Waals surface area (Å²) in [4.78, 5) is 26.4. The lowest BCUT2D eigenvalue weighted by molar-refractivity contribution is -0.384. The van der Waals surface area contributed by atoms with Crippen LogP contribution in [-0.2, 0) is 11.3 Å². The first-order valence-corrected chi connectivity index (χ1v) is 6.89. The predicted molar refractivity (Wildman–Crippen MR) is 82.1 cm³/mol. The van der Waals surface area contributed by atoms with Crippen molar-refractivity contribution in [2.75, 3.05) is 0 Å². The second-order valence-corrected chi connectivity index (χ2v) is 5.10. The minimum absolute atomic E-state index is 0.00389. The van der Waals surface area contributed by atoms with E-state index >= 15 is 0 Å². The number of ether oxygens (including phenoxy) is 1. The highest BCUT2D eigenvalue weighted by atomic mass is 16.6. The summed E-state index contributed by atoms with van der Waals surface area (Å²) >= 11 is 0. The van der Waals surface area contributed by atoms with Crippen molar-refractivity contribution >= 4 is 17.3 Å². The maximum Gasteiger partial charge on any atom is 0.358 e. The van der Waals surface area contributed by atoms with E-state index in [4.69, 9.17) is 4.74 Å². The van der Waals surface area contributed by atoms with Crippen molar-refractivity contribution in [3.8, 4) is 0 Å². The van der Waals surface area contributed by atoms with Crippen molar-refractivity contribution in [2.24, 2.45) is 0 Å². The van der Waals surface area contributed by atoms with Gasteiger partial charge in [0.05, 0.1) is 4.92 Å². The van der Waals surface area contributed by atoms with Gasteiger partial charge in [-0.2, -0.15) is 0 Å². The summed E-state index contributed by atoms with van der Waals surface area (Å²) in [7, 11) is 0. The van der Waals surface area contributed by atoms with Gasteiger partial charge in [-0.15, -0.1) is 0 Å². The van der Waals surface area contributed by atoms with E-state index in [1.807, 2.05) is 25.3 Å². The number of nitrogens with zero attached hydrogens (tertiary/aromatic N) is 3. The van der Waals surface area contributed by atoms with Crippen LogP contribution in [0.15, 0.2) is 48.8 Å². The van der Waals surface area contributed by atoms with Crippen LogP contribution in [0.5, 0.6) is 0 Å². The standard InChI is InChI=1S/C16H13N3O4/c1-11-6-7-18-9-14(17-15(18)8-11)16(20)23-10-12-2-4-13(5-3-12)19(21)22/h2-9H,10H2,1H3. The molecule has 2 heterocycles. The van der Waals surface area contributed by atoms with Crippen molar-refractivity contribution in [3.05, 3.63) is 75.7 Å². The molecule has 7 nitrogen and oxygen atoms in total. The zero-order chi connectivity index (χ0) is 16.4. The SMILES string of the molecule is Cc1ccn2cc(C(=O)OCc3ccc([N+](=O)[O-])cc3)nc2c1. The highest BCUT2D eigenvalue weighted by Gasteiger charge is 2.13. The topological polar surface area (TPSA) is 86.7 Å². The Kier molecular flexibility index (Phi) is 3.76. The lowest BCUT2D eigenvalue weighted by Crippen LogP contribution is -2.05. The van der Waals surface area contributed by atoms with Gasteiger partial charge in [0, 0.05) is 24.5 Å². The van der Waals surface area contributed by atoms with E-state index in [1.165, 1.54) is 12.1 Å². The summed E-state index contributed by atoms with van der Waals surface area (Å²) in [6.45, 7) is 1.98. The van der Waals surface area contributed by atoms with Crippen molar-refractivity contribution in [1.29, 1.82) is 0 Å². The molecule has 0 amide bonds. The summed E-state index contributed by atoms with van der Waals surface area (Å²) < 4.78 is 6.94. The van der Waals surface area contributed by atoms with Crippen LogP contribution in [0.3, 0.4) is 0 Å². The lowest BCUT2D eigenvalue weighted by Gasteiger charge is -2.02. The molecule has 0 aliphatic carbocycles. The van der Waals surface area contributed by atoms with E-state index in [2.05, 4.69) is 4.98 Å². The minimum atomic E-state index is -0.537. The molecular formula is C16H13N3O4. The number of carbonyl (C=O) groups is 1. The van der Waals surface area contributed by atoms with Crippen molar-refractivity contribution < 1.29 is 14.5 Å². The highest BCUT2D eigenvalue weighted by molar-refractivity contribution is 5.88. The first-order valence-electron chi connectivity index (χ1n) is 6.89. The van der Waals surface area contributed by atoms with Gasteiger partial charge < -0.3 is 9.14 Å². The summed E-state index contributed by atoms with van der Waals surface area (Å²) in [5.41, 5.74) is 2.61. The van der Waals surface area contributed by atoms with Crippen LogP contribution in [0, 0.1) is 17.0 Å². The molecular weight excluding hydrogens is 298 g/mol. The van der Waals surface area contributed by atoms with Gasteiger partial charge >= 0.3 is 5.97 Å². The number of hydrogen-bond acceptors (Lipinski definition) is 5. The van der Waals surface area contributed by atoms with Crippen LogP contribution in [-0.4, -0.2) is 20.3 Å². The predicted octanol–water partition coefficient (Wildman–Crippen LogP) is 2.91. The Morgan fingerprint density at radius 3 is 2.74 bits per heavy atom. The molecule has 0 saturated heterocycles. The third-order valence-electron chi connectivity index (χ3n) is 3.34. The number of fused-ring (bicyclic) bond motifs is 1. The number of nitro groups is 1. The number of imidazole rings is 1. The van der Waals surface area contributed by atoms with Gasteiger partial charge in [0.15, 0.2) is 5.69 Å². The molecule has 0 saturated carbocycles. The maximum atomic E-state index is 12.0. The van der Waals surface area contributed by atoms with E-state index in [0.717, 1.165) is 5.56 Å². The Bertz CT molecular complexity index is 884. The Balaban J connectivity index is 1.69. The summed E-state index contributed by atoms with van der Waals surface area (Å²) in [5.74, 6) is -0.537. The largest absolute Gasteiger partial charge is 0.456 e. The number of pyridine rings is 1. The molecule has 3 rings (SSSR count). The molecule has 0 radical (unpaired) electrons. The summed E-state index contributed by atoms with van der Waals surface area (Å²) in [6.07, 6.45) is 3.43. The number of non-ortho nitro benzene ring substituents is 1. The summed E-state index contributed by atoms with van der Waals surface area (Å²) in [6, 6.07) is 9.64. The van der Waals surface area contributed by atoms with Gasteiger partial charge in [0.25, 0.3) is 5.69 Å². The van der Waals surface area contributed by atoms with Crippen LogP contribution in [0.4, 0.5) is 5.69 Å². The fourth-order valence-corrected chi connectivity index (χ4v) is 2.12. The molecule has 116 valence electrons. The smallest absolute Gasteiger partial charge is 0.358 e. The fraction of sp³-hybridized carbons (Fsp3) is 0.125. The molecule has 0 N–H and O–H groups in total. The second kappa shape index (κ2) is 5.88. The monoisotopic (exact) mass is 311 g/mol. The van der Waals surface area contributed by atoms with Gasteiger partial charge in [-0.1, -0.05) is 0 Å². The Morgan fingerprint density at radius 1 is 1.30 bits per heavy atom. The fourth-order valence-electron chi connectivity index (χ4n) is 2.12. The molecule has 0 aliphatic heterocycles. The molecule has 1 aromatic carbocycles. The average molecular weight is 311 g/mol. The molecule has 23 heavy (non-hydrogen) atoms. The van der Waals surface area contributed by atoms with Crippen LogP contribution in [0.25, 0.3) is 5.65 Å². The molecule has 0 fully saturated rings. The Morgan fingerprint density at radius 2 is 2.04 bits per heavy atom. The summed E-state index contributed by atoms with van der Waals surface area (Å²) in [5, 5.41) is 10.6. The van der Waals surface area contributed by atoms with Crippen LogP contribution in [0.1, 0.15) is 21.6 Å². The van der Waals surface area contributed by atoms with Gasteiger partial charge in [-0.3, -0.25) is 10.1 Å². The molecule has 2 aromatic heterocycles. The number of rotatable bonds is 4. The number of esters is 1. The molecule has 3 aromatic rings. The number of benzene rings is 1. The van der Waals surface area contributed by atoms with Crippen molar-refractivity contribution in [3.63, 3.8) is 0 Å². The maximum absolute atomic E-state index is 12.0. The van der Waals surface area contributed by atoms with E-state index in [9.17, 15) is 14.9 Å². The van der Waals surface area contributed by atoms with Gasteiger partial charge in [0.2, 0.25) is 0 Å². The van der Waals surface area contributed by atoms with E-state index in [0.29, 0.717) is 11.2 Å². The minimum Gasteiger partial charge on any atom is -0.456 e. The Labute approximate surface area is 131 Å². The molecule has 0 aliphatic rings. The van der Waals surface area contributed by atoms with E-state index in [-0.39, 0.29) is 18.0 Å². The number of aryl methyl sites for hydroxylation is 1. The number of carbonyl (C=O) groups excluding carboxylic acids is 1. The second-order valence-electron chi connectivity index (χ2n) is 5.10. The number of nitro benzene ring substituents is 1. The first-order chi connectivity index (χ1) is 11.0. The molecule has 0 bridgehead atoms. The van der Waals surface area contributed by atoms with Crippen molar-refractivity contribution in [2.45, 2.75) is 13.5 Å². The zero-order valence-corrected chi connectivity index (χ0v) is 12.3. The molecule has 7 heteroatoms. The van der Waals surface area contributed by atoms with Gasteiger partial charge in [-0.05, 0) is 42.3 Å². The molecule has 0 unspecified atom stereocenters. The molecule has 0 spiro atoms.